The molecule has 0 aromatic heterocycles. The first-order valence-corrected chi connectivity index (χ1v) is 7.77. The van der Waals surface area contributed by atoms with Crippen molar-refractivity contribution in [2.24, 2.45) is 5.41 Å². The van der Waals surface area contributed by atoms with E-state index in [1.807, 2.05) is 0 Å². The van der Waals surface area contributed by atoms with Gasteiger partial charge in [0.15, 0.2) is 0 Å². The van der Waals surface area contributed by atoms with Crippen LogP contribution in [0.25, 0.3) is 10.8 Å². The minimum Gasteiger partial charge on any atom is -0.0616 e. The number of allylic oxidation sites excluding steroid dienone is 4. The average Bonchev–Trinajstić information content (AvgIpc) is 2.63. The summed E-state index contributed by atoms with van der Waals surface area (Å²) in [6, 6.07) is 15.5. The zero-order valence-electron chi connectivity index (χ0n) is 13.7. The molecule has 3 rings (SSSR count). The molecule has 0 nitrogen and oxygen atoms in total. The predicted octanol–water partition coefficient (Wildman–Crippen LogP) is 6.08. The Balaban J connectivity index is 2.02. The van der Waals surface area contributed by atoms with Crippen LogP contribution in [0.1, 0.15) is 40.2 Å². The van der Waals surface area contributed by atoms with Gasteiger partial charge in [-0.2, -0.15) is 0 Å². The summed E-state index contributed by atoms with van der Waals surface area (Å²) in [5.41, 5.74) is 7.64. The van der Waals surface area contributed by atoms with Crippen LogP contribution >= 0.6 is 0 Å². The molecule has 0 radical (unpaired) electrons. The SMILES string of the molecule is CC1=C(C)C(C)(Cc2ccc3ccccc3c2)C(C)=C1C. The van der Waals surface area contributed by atoms with Gasteiger partial charge in [0.05, 0.1) is 0 Å². The molecule has 0 unspecified atom stereocenters. The highest BCUT2D eigenvalue weighted by molar-refractivity contribution is 5.83. The van der Waals surface area contributed by atoms with E-state index in [9.17, 15) is 0 Å². The maximum absolute atomic E-state index is 2.40. The molecule has 0 atom stereocenters. The maximum Gasteiger partial charge on any atom is 0.0139 e. The normalized spacial score (nSPS) is 18.0. The van der Waals surface area contributed by atoms with Crippen molar-refractivity contribution in [3.05, 3.63) is 70.3 Å². The second-order valence-electron chi connectivity index (χ2n) is 6.69. The van der Waals surface area contributed by atoms with Crippen molar-refractivity contribution in [1.82, 2.24) is 0 Å². The van der Waals surface area contributed by atoms with Gasteiger partial charge in [-0.3, -0.25) is 0 Å². The molecule has 108 valence electrons. The molecule has 0 aliphatic heterocycles. The molecule has 0 amide bonds. The number of fused-ring (bicyclic) bond motifs is 1. The summed E-state index contributed by atoms with van der Waals surface area (Å²) < 4.78 is 0. The fourth-order valence-electron chi connectivity index (χ4n) is 3.69. The van der Waals surface area contributed by atoms with E-state index in [-0.39, 0.29) is 5.41 Å². The molecule has 0 fully saturated rings. The van der Waals surface area contributed by atoms with Crippen LogP contribution in [-0.2, 0) is 6.42 Å². The second-order valence-corrected chi connectivity index (χ2v) is 6.69. The van der Waals surface area contributed by atoms with Crippen molar-refractivity contribution in [2.45, 2.75) is 41.0 Å². The van der Waals surface area contributed by atoms with Gasteiger partial charge in [0.25, 0.3) is 0 Å². The molecule has 2 aromatic carbocycles. The van der Waals surface area contributed by atoms with E-state index < -0.39 is 0 Å². The highest BCUT2D eigenvalue weighted by atomic mass is 14.4. The molecule has 0 bridgehead atoms. The van der Waals surface area contributed by atoms with Crippen molar-refractivity contribution in [3.63, 3.8) is 0 Å². The zero-order chi connectivity index (χ0) is 15.2. The molecule has 2 aromatic rings. The Kier molecular flexibility index (Phi) is 3.28. The minimum atomic E-state index is 0.177. The van der Waals surface area contributed by atoms with Crippen molar-refractivity contribution in [1.29, 1.82) is 0 Å². The lowest BCUT2D eigenvalue weighted by atomic mass is 9.74. The molecule has 1 aliphatic rings. The van der Waals surface area contributed by atoms with Crippen molar-refractivity contribution in [3.8, 4) is 0 Å². The van der Waals surface area contributed by atoms with E-state index in [4.69, 9.17) is 0 Å². The summed E-state index contributed by atoms with van der Waals surface area (Å²) in [4.78, 5) is 0. The van der Waals surface area contributed by atoms with Crippen molar-refractivity contribution in [2.75, 3.05) is 0 Å². The summed E-state index contributed by atoms with van der Waals surface area (Å²) in [6.45, 7) is 11.5. The molecule has 1 aliphatic carbocycles. The van der Waals surface area contributed by atoms with Crippen molar-refractivity contribution < 1.29 is 0 Å². The highest BCUT2D eigenvalue weighted by Crippen LogP contribution is 2.48. The third-order valence-corrected chi connectivity index (χ3v) is 5.71. The van der Waals surface area contributed by atoms with Gasteiger partial charge in [0.1, 0.15) is 0 Å². The smallest absolute Gasteiger partial charge is 0.0139 e. The largest absolute Gasteiger partial charge is 0.0616 e. The minimum absolute atomic E-state index is 0.177. The first-order valence-electron chi connectivity index (χ1n) is 7.77. The van der Waals surface area contributed by atoms with Crippen LogP contribution in [0.3, 0.4) is 0 Å². The monoisotopic (exact) mass is 276 g/mol. The zero-order valence-corrected chi connectivity index (χ0v) is 13.7. The van der Waals surface area contributed by atoms with E-state index in [1.54, 1.807) is 0 Å². The topological polar surface area (TPSA) is 0 Å². The summed E-state index contributed by atoms with van der Waals surface area (Å²) in [6.07, 6.45) is 1.09. The van der Waals surface area contributed by atoms with Gasteiger partial charge >= 0.3 is 0 Å². The van der Waals surface area contributed by atoms with Gasteiger partial charge < -0.3 is 0 Å². The van der Waals surface area contributed by atoms with E-state index >= 15 is 0 Å². The molecule has 21 heavy (non-hydrogen) atoms. The van der Waals surface area contributed by atoms with Gasteiger partial charge in [-0.05, 0) is 61.6 Å². The fourth-order valence-corrected chi connectivity index (χ4v) is 3.69. The van der Waals surface area contributed by atoms with Crippen LogP contribution in [0.4, 0.5) is 0 Å². The van der Waals surface area contributed by atoms with E-state index in [1.165, 1.54) is 38.6 Å². The molecule has 0 heteroatoms. The van der Waals surface area contributed by atoms with Crippen LogP contribution in [0.15, 0.2) is 64.8 Å². The van der Waals surface area contributed by atoms with Gasteiger partial charge in [-0.1, -0.05) is 60.5 Å². The first-order chi connectivity index (χ1) is 9.93. The molecule has 0 N–H and O–H groups in total. The molecule has 0 saturated heterocycles. The molecular formula is C21H24. The summed E-state index contributed by atoms with van der Waals surface area (Å²) in [5.74, 6) is 0. The van der Waals surface area contributed by atoms with Gasteiger partial charge in [-0.25, -0.2) is 0 Å². The number of benzene rings is 2. The Morgan fingerprint density at radius 3 is 1.95 bits per heavy atom. The molecule has 0 heterocycles. The number of rotatable bonds is 2. The lowest BCUT2D eigenvalue weighted by Crippen LogP contribution is -2.20. The average molecular weight is 276 g/mol. The maximum atomic E-state index is 2.40. The Hall–Kier alpha value is -1.82. The van der Waals surface area contributed by atoms with Crippen LogP contribution < -0.4 is 0 Å². The van der Waals surface area contributed by atoms with E-state index in [0.717, 1.165) is 6.42 Å². The van der Waals surface area contributed by atoms with Crippen LogP contribution in [0, 0.1) is 5.41 Å². The number of hydrogen-bond donors (Lipinski definition) is 0. The third-order valence-electron chi connectivity index (χ3n) is 5.71. The Morgan fingerprint density at radius 2 is 1.33 bits per heavy atom. The Bertz CT molecular complexity index is 747. The highest BCUT2D eigenvalue weighted by Gasteiger charge is 2.36. The standard InChI is InChI=1S/C21H24/c1-14-15(2)17(4)21(5,16(14)3)13-18-10-11-19-8-6-7-9-20(19)12-18/h6-12H,13H2,1-5H3. The summed E-state index contributed by atoms with van der Waals surface area (Å²) >= 11 is 0. The van der Waals surface area contributed by atoms with E-state index in [2.05, 4.69) is 77.1 Å². The molecule has 0 spiro atoms. The van der Waals surface area contributed by atoms with Crippen LogP contribution in [0.5, 0.6) is 0 Å². The predicted molar refractivity (Wildman–Crippen MR) is 92.5 cm³/mol. The first kappa shape index (κ1) is 14.1. The van der Waals surface area contributed by atoms with Crippen LogP contribution in [0.2, 0.25) is 0 Å². The summed E-state index contributed by atoms with van der Waals surface area (Å²) in [5, 5.41) is 2.66. The van der Waals surface area contributed by atoms with E-state index in [0.29, 0.717) is 0 Å². The van der Waals surface area contributed by atoms with Crippen molar-refractivity contribution >= 4 is 10.8 Å². The van der Waals surface area contributed by atoms with Gasteiger partial charge in [-0.15, -0.1) is 0 Å². The summed E-state index contributed by atoms with van der Waals surface area (Å²) in [7, 11) is 0. The molecular weight excluding hydrogens is 252 g/mol. The van der Waals surface area contributed by atoms with Gasteiger partial charge in [0.2, 0.25) is 0 Å². The third kappa shape index (κ3) is 2.14. The Morgan fingerprint density at radius 1 is 0.762 bits per heavy atom. The lowest BCUT2D eigenvalue weighted by Gasteiger charge is -2.29. The number of hydrogen-bond acceptors (Lipinski definition) is 0. The van der Waals surface area contributed by atoms with Gasteiger partial charge in [0, 0.05) is 5.41 Å². The lowest BCUT2D eigenvalue weighted by molar-refractivity contribution is 0.483. The molecule has 0 saturated carbocycles. The quantitative estimate of drug-likeness (QED) is 0.624. The van der Waals surface area contributed by atoms with Crippen LogP contribution in [-0.4, -0.2) is 0 Å². The second kappa shape index (κ2) is 4.87. The Labute approximate surface area is 128 Å². The fraction of sp³-hybridized carbons (Fsp3) is 0.333.